The van der Waals surface area contributed by atoms with Crippen LogP contribution in [0.3, 0.4) is 0 Å². The molecular formula is C22H26O5. The Balaban J connectivity index is 1.71. The van der Waals surface area contributed by atoms with Gasteiger partial charge < -0.3 is 19.7 Å². The van der Waals surface area contributed by atoms with E-state index in [1.54, 1.807) is 0 Å². The van der Waals surface area contributed by atoms with Gasteiger partial charge in [-0.2, -0.15) is 0 Å². The zero-order chi connectivity index (χ0) is 19.8. The molecule has 2 N–H and O–H groups in total. The van der Waals surface area contributed by atoms with Crippen molar-refractivity contribution in [3.05, 3.63) is 53.1 Å². The van der Waals surface area contributed by atoms with Crippen LogP contribution in [0.2, 0.25) is 0 Å². The van der Waals surface area contributed by atoms with Crippen LogP contribution in [0.5, 0.6) is 17.2 Å². The Labute approximate surface area is 159 Å². The normalized spacial score (nSPS) is 17.0. The number of ether oxygens (including phenoxy) is 2. The Morgan fingerprint density at radius 3 is 2.07 bits per heavy atom. The average molecular weight is 370 g/mol. The molecule has 5 heteroatoms. The molecule has 2 aromatic carbocycles. The molecule has 0 heterocycles. The molecule has 5 nitrogen and oxygen atoms in total. The van der Waals surface area contributed by atoms with Crippen molar-refractivity contribution in [1.82, 2.24) is 0 Å². The third-order valence-corrected chi connectivity index (χ3v) is 5.48. The molecule has 0 unspecified atom stereocenters. The molecule has 0 aromatic heterocycles. The van der Waals surface area contributed by atoms with E-state index in [0.717, 1.165) is 18.6 Å². The molecule has 0 saturated heterocycles. The summed E-state index contributed by atoms with van der Waals surface area (Å²) in [6.45, 7) is 9.03. The van der Waals surface area contributed by atoms with Gasteiger partial charge in [-0.15, -0.1) is 0 Å². The maximum Gasteiger partial charge on any atom is 0.339 e. The fourth-order valence-electron chi connectivity index (χ4n) is 3.61. The van der Waals surface area contributed by atoms with E-state index in [9.17, 15) is 9.90 Å². The maximum atomic E-state index is 10.9. The van der Waals surface area contributed by atoms with Gasteiger partial charge in [0, 0.05) is 6.07 Å². The van der Waals surface area contributed by atoms with E-state index in [4.69, 9.17) is 14.6 Å². The Morgan fingerprint density at radius 2 is 1.48 bits per heavy atom. The number of carbonyl (C=O) groups is 1. The summed E-state index contributed by atoms with van der Waals surface area (Å²) in [6.07, 6.45) is 2.29. The molecule has 2 aromatic rings. The molecule has 0 amide bonds. The van der Waals surface area contributed by atoms with Crippen molar-refractivity contribution in [2.45, 2.75) is 51.4 Å². The van der Waals surface area contributed by atoms with Crippen LogP contribution in [-0.2, 0) is 10.8 Å². The van der Waals surface area contributed by atoms with Crippen LogP contribution in [0.4, 0.5) is 0 Å². The second-order valence-electron chi connectivity index (χ2n) is 8.37. The molecule has 3 rings (SSSR count). The first-order valence-electron chi connectivity index (χ1n) is 9.07. The SMILES string of the molecule is CC1(C)CCC(C)(C)c2cc(OCOc3ccc(C(=O)O)c(O)c3)ccc21. The molecule has 0 saturated carbocycles. The van der Waals surface area contributed by atoms with Gasteiger partial charge in [-0.05, 0) is 59.1 Å². The lowest BCUT2D eigenvalue weighted by Crippen LogP contribution is -2.33. The third kappa shape index (κ3) is 3.87. The second kappa shape index (κ2) is 6.80. The lowest BCUT2D eigenvalue weighted by atomic mass is 9.63. The molecule has 1 aliphatic carbocycles. The first-order chi connectivity index (χ1) is 12.6. The highest BCUT2D eigenvalue weighted by Gasteiger charge is 2.37. The zero-order valence-corrected chi connectivity index (χ0v) is 16.2. The fraction of sp³-hybridized carbons (Fsp3) is 0.409. The summed E-state index contributed by atoms with van der Waals surface area (Å²) in [7, 11) is 0. The number of aromatic hydroxyl groups is 1. The van der Waals surface area contributed by atoms with Gasteiger partial charge in [0.1, 0.15) is 22.8 Å². The summed E-state index contributed by atoms with van der Waals surface area (Å²) in [5.74, 6) is -0.449. The number of fused-ring (bicyclic) bond motifs is 1. The highest BCUT2D eigenvalue weighted by molar-refractivity contribution is 5.90. The number of phenols is 1. The number of hydrogen-bond acceptors (Lipinski definition) is 4. The van der Waals surface area contributed by atoms with Gasteiger partial charge in [0.05, 0.1) is 0 Å². The highest BCUT2D eigenvalue weighted by Crippen LogP contribution is 2.46. The van der Waals surface area contributed by atoms with E-state index in [1.807, 2.05) is 6.07 Å². The third-order valence-electron chi connectivity index (χ3n) is 5.48. The van der Waals surface area contributed by atoms with Crippen LogP contribution in [0, 0.1) is 0 Å². The van der Waals surface area contributed by atoms with Crippen LogP contribution in [0.25, 0.3) is 0 Å². The molecule has 0 bridgehead atoms. The number of carboxylic acids is 1. The molecule has 27 heavy (non-hydrogen) atoms. The molecule has 0 spiro atoms. The zero-order valence-electron chi connectivity index (χ0n) is 16.2. The Hall–Kier alpha value is -2.69. The summed E-state index contributed by atoms with van der Waals surface area (Å²) in [4.78, 5) is 10.9. The number of carboxylic acid groups (broad SMARTS) is 1. The van der Waals surface area contributed by atoms with Crippen molar-refractivity contribution in [1.29, 1.82) is 0 Å². The fourth-order valence-corrected chi connectivity index (χ4v) is 3.61. The molecule has 0 aliphatic heterocycles. The standard InChI is InChI=1S/C22H26O5/c1-21(2)9-10-22(3,4)18-11-14(6-8-17(18)21)26-13-27-15-5-7-16(20(24)25)19(23)12-15/h5-8,11-12,23H,9-10,13H2,1-4H3,(H,24,25). The van der Waals surface area contributed by atoms with Gasteiger partial charge in [0.15, 0.2) is 0 Å². The van der Waals surface area contributed by atoms with Crippen LogP contribution in [0.15, 0.2) is 36.4 Å². The first kappa shape index (κ1) is 19.1. The van der Waals surface area contributed by atoms with Crippen molar-refractivity contribution in [3.8, 4) is 17.2 Å². The lowest BCUT2D eigenvalue weighted by molar-refractivity contribution is 0.0693. The summed E-state index contributed by atoms with van der Waals surface area (Å²) < 4.78 is 11.2. The van der Waals surface area contributed by atoms with Crippen LogP contribution < -0.4 is 9.47 Å². The summed E-state index contributed by atoms with van der Waals surface area (Å²) >= 11 is 0. The maximum absolute atomic E-state index is 10.9. The van der Waals surface area contributed by atoms with Gasteiger partial charge in [-0.1, -0.05) is 33.8 Å². The van der Waals surface area contributed by atoms with E-state index in [1.165, 1.54) is 29.3 Å². The Morgan fingerprint density at radius 1 is 0.926 bits per heavy atom. The quantitative estimate of drug-likeness (QED) is 0.736. The molecule has 0 atom stereocenters. The minimum Gasteiger partial charge on any atom is -0.507 e. The number of rotatable bonds is 5. The molecule has 1 aliphatic rings. The number of aromatic carboxylic acids is 1. The lowest BCUT2D eigenvalue weighted by Gasteiger charge is -2.41. The van der Waals surface area contributed by atoms with Crippen LogP contribution >= 0.6 is 0 Å². The van der Waals surface area contributed by atoms with E-state index in [0.29, 0.717) is 5.75 Å². The average Bonchev–Trinajstić information content (AvgIpc) is 2.59. The topological polar surface area (TPSA) is 76.0 Å². The van der Waals surface area contributed by atoms with Gasteiger partial charge in [-0.3, -0.25) is 0 Å². The van der Waals surface area contributed by atoms with Crippen molar-refractivity contribution < 1.29 is 24.5 Å². The predicted molar refractivity (Wildman–Crippen MR) is 103 cm³/mol. The summed E-state index contributed by atoms with van der Waals surface area (Å²) in [6, 6.07) is 10.2. The van der Waals surface area contributed by atoms with E-state index in [-0.39, 0.29) is 28.9 Å². The largest absolute Gasteiger partial charge is 0.507 e. The molecular weight excluding hydrogens is 344 g/mol. The van der Waals surface area contributed by atoms with Gasteiger partial charge in [0.2, 0.25) is 6.79 Å². The minimum atomic E-state index is -1.19. The first-order valence-corrected chi connectivity index (χ1v) is 9.07. The van der Waals surface area contributed by atoms with Crippen molar-refractivity contribution in [3.63, 3.8) is 0 Å². The van der Waals surface area contributed by atoms with E-state index in [2.05, 4.69) is 39.8 Å². The second-order valence-corrected chi connectivity index (χ2v) is 8.37. The van der Waals surface area contributed by atoms with Crippen LogP contribution in [-0.4, -0.2) is 23.0 Å². The van der Waals surface area contributed by atoms with Gasteiger partial charge in [0.25, 0.3) is 0 Å². The van der Waals surface area contributed by atoms with Gasteiger partial charge in [-0.25, -0.2) is 4.79 Å². The number of benzene rings is 2. The molecule has 0 radical (unpaired) electrons. The monoisotopic (exact) mass is 370 g/mol. The molecule has 144 valence electrons. The summed E-state index contributed by atoms with van der Waals surface area (Å²) in [5, 5.41) is 18.6. The predicted octanol–water partition coefficient (Wildman–Crippen LogP) is 4.85. The number of hydrogen-bond donors (Lipinski definition) is 2. The smallest absolute Gasteiger partial charge is 0.339 e. The van der Waals surface area contributed by atoms with Crippen LogP contribution in [0.1, 0.15) is 62.0 Å². The Bertz CT molecular complexity index is 867. The van der Waals surface area contributed by atoms with Gasteiger partial charge >= 0.3 is 5.97 Å². The summed E-state index contributed by atoms with van der Waals surface area (Å²) in [5.41, 5.74) is 2.76. The van der Waals surface area contributed by atoms with E-state index < -0.39 is 5.97 Å². The van der Waals surface area contributed by atoms with Crippen molar-refractivity contribution in [2.75, 3.05) is 6.79 Å². The minimum absolute atomic E-state index is 0.0333. The van der Waals surface area contributed by atoms with Crippen molar-refractivity contribution in [2.24, 2.45) is 0 Å². The van der Waals surface area contributed by atoms with E-state index >= 15 is 0 Å². The molecule has 0 fully saturated rings. The Kier molecular flexibility index (Phi) is 4.81. The van der Waals surface area contributed by atoms with Crippen molar-refractivity contribution >= 4 is 5.97 Å². The highest BCUT2D eigenvalue weighted by atomic mass is 16.7.